The molecule has 0 aliphatic heterocycles. The SMILES string of the molecule is NC1(C(=O)O)CC1C(F)(F)CC1CC1. The molecule has 14 heavy (non-hydrogen) atoms. The molecule has 0 aromatic carbocycles. The van der Waals surface area contributed by atoms with Crippen LogP contribution < -0.4 is 5.73 Å². The molecule has 2 atom stereocenters. The zero-order chi connectivity index (χ0) is 10.6. The van der Waals surface area contributed by atoms with Crippen LogP contribution in [0.25, 0.3) is 0 Å². The van der Waals surface area contributed by atoms with Gasteiger partial charge in [-0.2, -0.15) is 0 Å². The molecule has 0 amide bonds. The highest BCUT2D eigenvalue weighted by molar-refractivity contribution is 5.83. The van der Waals surface area contributed by atoms with Crippen LogP contribution in [0, 0.1) is 11.8 Å². The Bertz CT molecular complexity index is 278. The number of carbonyl (C=O) groups is 1. The summed E-state index contributed by atoms with van der Waals surface area (Å²) < 4.78 is 26.8. The third-order valence-electron chi connectivity index (χ3n) is 3.17. The number of halogens is 2. The van der Waals surface area contributed by atoms with Crippen LogP contribution in [-0.4, -0.2) is 22.5 Å². The lowest BCUT2D eigenvalue weighted by Crippen LogP contribution is -2.40. The Hall–Kier alpha value is -0.710. The standard InChI is InChI=1S/C9H13F2NO2/c10-9(11,3-5-1-2-5)6-4-8(6,12)7(13)14/h5-6H,1-4,12H2,(H,13,14). The van der Waals surface area contributed by atoms with Gasteiger partial charge in [0.2, 0.25) is 0 Å². The summed E-state index contributed by atoms with van der Waals surface area (Å²) in [7, 11) is 0. The molecule has 0 heterocycles. The Kier molecular flexibility index (Phi) is 1.86. The van der Waals surface area contributed by atoms with Crippen LogP contribution in [0.5, 0.6) is 0 Å². The average molecular weight is 205 g/mol. The molecule has 80 valence electrons. The van der Waals surface area contributed by atoms with E-state index in [1.807, 2.05) is 0 Å². The molecule has 3 nitrogen and oxygen atoms in total. The Labute approximate surface area is 80.3 Å². The lowest BCUT2D eigenvalue weighted by molar-refractivity contribution is -0.142. The smallest absolute Gasteiger partial charge is 0.324 e. The molecule has 2 unspecified atom stereocenters. The molecule has 5 heteroatoms. The number of alkyl halides is 2. The topological polar surface area (TPSA) is 63.3 Å². The molecule has 0 aromatic rings. The van der Waals surface area contributed by atoms with Crippen molar-refractivity contribution in [3.63, 3.8) is 0 Å². The molecule has 0 radical (unpaired) electrons. The summed E-state index contributed by atoms with van der Waals surface area (Å²) in [6, 6.07) is 0. The van der Waals surface area contributed by atoms with E-state index >= 15 is 0 Å². The monoisotopic (exact) mass is 205 g/mol. The highest BCUT2D eigenvalue weighted by Crippen LogP contribution is 2.55. The second-order valence-corrected chi connectivity index (χ2v) is 4.51. The van der Waals surface area contributed by atoms with Crippen molar-refractivity contribution in [2.75, 3.05) is 0 Å². The lowest BCUT2D eigenvalue weighted by Gasteiger charge is -2.17. The molecule has 0 aromatic heterocycles. The van der Waals surface area contributed by atoms with Gasteiger partial charge in [0.05, 0.1) is 5.92 Å². The third kappa shape index (κ3) is 1.49. The summed E-state index contributed by atoms with van der Waals surface area (Å²) in [5, 5.41) is 8.64. The first-order valence-corrected chi connectivity index (χ1v) is 4.76. The molecular weight excluding hydrogens is 192 g/mol. The maximum absolute atomic E-state index is 13.4. The summed E-state index contributed by atoms with van der Waals surface area (Å²) in [5.41, 5.74) is 3.67. The molecule has 0 spiro atoms. The summed E-state index contributed by atoms with van der Waals surface area (Å²) in [6.07, 6.45) is 1.39. The van der Waals surface area contributed by atoms with Crippen molar-refractivity contribution < 1.29 is 18.7 Å². The predicted molar refractivity (Wildman–Crippen MR) is 44.9 cm³/mol. The van der Waals surface area contributed by atoms with Gasteiger partial charge in [-0.15, -0.1) is 0 Å². The second kappa shape index (κ2) is 2.66. The van der Waals surface area contributed by atoms with E-state index in [0.29, 0.717) is 0 Å². The Morgan fingerprint density at radius 3 is 2.50 bits per heavy atom. The van der Waals surface area contributed by atoms with Gasteiger partial charge in [-0.25, -0.2) is 8.78 Å². The van der Waals surface area contributed by atoms with Gasteiger partial charge in [-0.3, -0.25) is 4.79 Å². The van der Waals surface area contributed by atoms with Crippen LogP contribution in [0.2, 0.25) is 0 Å². The minimum Gasteiger partial charge on any atom is -0.480 e. The number of hydrogen-bond acceptors (Lipinski definition) is 2. The fourth-order valence-electron chi connectivity index (χ4n) is 1.89. The molecule has 2 aliphatic rings. The Morgan fingerprint density at radius 2 is 2.14 bits per heavy atom. The van der Waals surface area contributed by atoms with Gasteiger partial charge in [-0.05, 0) is 25.2 Å². The van der Waals surface area contributed by atoms with Crippen LogP contribution in [0.1, 0.15) is 25.7 Å². The highest BCUT2D eigenvalue weighted by Gasteiger charge is 2.68. The van der Waals surface area contributed by atoms with Gasteiger partial charge >= 0.3 is 5.97 Å². The van der Waals surface area contributed by atoms with Gasteiger partial charge in [0.1, 0.15) is 5.54 Å². The van der Waals surface area contributed by atoms with Gasteiger partial charge in [0, 0.05) is 6.42 Å². The van der Waals surface area contributed by atoms with Crippen molar-refractivity contribution in [2.24, 2.45) is 17.6 Å². The van der Waals surface area contributed by atoms with Crippen molar-refractivity contribution in [3.8, 4) is 0 Å². The first kappa shape index (κ1) is 9.83. The second-order valence-electron chi connectivity index (χ2n) is 4.51. The summed E-state index contributed by atoms with van der Waals surface area (Å²) >= 11 is 0. The minimum absolute atomic E-state index is 0.0867. The fraction of sp³-hybridized carbons (Fsp3) is 0.889. The van der Waals surface area contributed by atoms with Gasteiger partial charge in [0.25, 0.3) is 5.92 Å². The number of aliphatic carboxylic acids is 1. The first-order chi connectivity index (χ1) is 6.36. The van der Waals surface area contributed by atoms with Crippen molar-refractivity contribution >= 4 is 5.97 Å². The zero-order valence-corrected chi connectivity index (χ0v) is 7.67. The zero-order valence-electron chi connectivity index (χ0n) is 7.67. The van der Waals surface area contributed by atoms with E-state index in [4.69, 9.17) is 10.8 Å². The van der Waals surface area contributed by atoms with Crippen LogP contribution in [0.15, 0.2) is 0 Å². The quantitative estimate of drug-likeness (QED) is 0.725. The largest absolute Gasteiger partial charge is 0.480 e. The molecule has 2 fully saturated rings. The molecule has 3 N–H and O–H groups in total. The van der Waals surface area contributed by atoms with Crippen LogP contribution >= 0.6 is 0 Å². The maximum Gasteiger partial charge on any atom is 0.324 e. The predicted octanol–water partition coefficient (Wildman–Crippen LogP) is 1.22. The maximum atomic E-state index is 13.4. The van der Waals surface area contributed by atoms with Gasteiger partial charge < -0.3 is 10.8 Å². The molecule has 0 saturated heterocycles. The fourth-order valence-corrected chi connectivity index (χ4v) is 1.89. The van der Waals surface area contributed by atoms with Crippen LogP contribution in [-0.2, 0) is 4.79 Å². The first-order valence-electron chi connectivity index (χ1n) is 4.76. The average Bonchev–Trinajstić information content (AvgIpc) is 2.86. The number of carboxylic acid groups (broad SMARTS) is 1. The molecule has 0 bridgehead atoms. The molecule has 2 rings (SSSR count). The van der Waals surface area contributed by atoms with Gasteiger partial charge in [0.15, 0.2) is 0 Å². The number of nitrogens with two attached hydrogens (primary N) is 1. The number of carboxylic acids is 1. The molecular formula is C9H13F2NO2. The van der Waals surface area contributed by atoms with Crippen molar-refractivity contribution in [1.82, 2.24) is 0 Å². The Morgan fingerprint density at radius 1 is 1.57 bits per heavy atom. The van der Waals surface area contributed by atoms with E-state index in [0.717, 1.165) is 12.8 Å². The van der Waals surface area contributed by atoms with Crippen molar-refractivity contribution in [1.29, 1.82) is 0 Å². The van der Waals surface area contributed by atoms with E-state index in [9.17, 15) is 13.6 Å². The highest BCUT2D eigenvalue weighted by atomic mass is 19.3. The van der Waals surface area contributed by atoms with E-state index in [2.05, 4.69) is 0 Å². The lowest BCUT2D eigenvalue weighted by atomic mass is 10.0. The van der Waals surface area contributed by atoms with Gasteiger partial charge in [-0.1, -0.05) is 0 Å². The third-order valence-corrected chi connectivity index (χ3v) is 3.17. The van der Waals surface area contributed by atoms with Crippen molar-refractivity contribution in [2.45, 2.75) is 37.1 Å². The van der Waals surface area contributed by atoms with Crippen LogP contribution in [0.3, 0.4) is 0 Å². The normalized spacial score (nSPS) is 36.9. The van der Waals surface area contributed by atoms with Crippen LogP contribution in [0.4, 0.5) is 8.78 Å². The van der Waals surface area contributed by atoms with E-state index in [-0.39, 0.29) is 18.8 Å². The number of rotatable bonds is 4. The summed E-state index contributed by atoms with van der Waals surface area (Å²) in [5.74, 6) is -5.27. The van der Waals surface area contributed by atoms with E-state index < -0.39 is 23.3 Å². The minimum atomic E-state index is -2.89. The molecule has 2 aliphatic carbocycles. The van der Waals surface area contributed by atoms with E-state index in [1.54, 1.807) is 0 Å². The Balaban J connectivity index is 1.99. The van der Waals surface area contributed by atoms with Crippen molar-refractivity contribution in [3.05, 3.63) is 0 Å². The van der Waals surface area contributed by atoms with E-state index in [1.165, 1.54) is 0 Å². The number of hydrogen-bond donors (Lipinski definition) is 2. The summed E-state index contributed by atoms with van der Waals surface area (Å²) in [6.45, 7) is 0. The molecule has 2 saturated carbocycles. The summed E-state index contributed by atoms with van der Waals surface area (Å²) in [4.78, 5) is 10.6.